The molecule has 0 spiro atoms. The van der Waals surface area contributed by atoms with Crippen molar-refractivity contribution < 1.29 is 8.78 Å². The van der Waals surface area contributed by atoms with E-state index in [-0.39, 0.29) is 5.69 Å². The largest absolute Gasteiger partial charge is 0.380 e. The van der Waals surface area contributed by atoms with E-state index in [1.165, 1.54) is 25.0 Å². The third-order valence-corrected chi connectivity index (χ3v) is 3.51. The molecule has 1 N–H and O–H groups in total. The molecule has 0 aromatic heterocycles. The highest BCUT2D eigenvalue weighted by Crippen LogP contribution is 2.27. The van der Waals surface area contributed by atoms with Gasteiger partial charge in [0, 0.05) is 11.0 Å². The summed E-state index contributed by atoms with van der Waals surface area (Å²) in [5.74, 6) is -0.516. The lowest BCUT2D eigenvalue weighted by atomic mass is 10.1. The molecule has 1 aliphatic rings. The molecule has 0 amide bonds. The summed E-state index contributed by atoms with van der Waals surface area (Å²) in [4.78, 5) is 0. The van der Waals surface area contributed by atoms with Crippen LogP contribution in [0.25, 0.3) is 0 Å². The number of halogens is 3. The van der Waals surface area contributed by atoms with Gasteiger partial charge in [0.2, 0.25) is 0 Å². The van der Waals surface area contributed by atoms with Gasteiger partial charge in [-0.15, -0.1) is 0 Å². The van der Waals surface area contributed by atoms with Crippen LogP contribution in [0.2, 0.25) is 0 Å². The zero-order valence-electron chi connectivity index (χ0n) is 8.90. The summed E-state index contributed by atoms with van der Waals surface area (Å²) in [5, 5.41) is 2.88. The molecule has 0 saturated heterocycles. The average Bonchev–Trinajstić information content (AvgIpc) is 2.68. The van der Waals surface area contributed by atoms with Gasteiger partial charge in [-0.05, 0) is 30.9 Å². The lowest BCUT2D eigenvalue weighted by molar-refractivity contribution is 0.558. The summed E-state index contributed by atoms with van der Waals surface area (Å²) in [7, 11) is 0. The summed E-state index contributed by atoms with van der Waals surface area (Å²) in [6, 6.07) is 2.56. The van der Waals surface area contributed by atoms with Crippen LogP contribution < -0.4 is 5.32 Å². The van der Waals surface area contributed by atoms with Crippen molar-refractivity contribution in [2.45, 2.75) is 25.7 Å². The molecule has 16 heavy (non-hydrogen) atoms. The van der Waals surface area contributed by atoms with Crippen molar-refractivity contribution in [2.24, 2.45) is 5.92 Å². The Balaban J connectivity index is 2.03. The SMILES string of the molecule is Fc1cc(Br)cc(F)c1NCC1CCCC1. The zero-order valence-corrected chi connectivity index (χ0v) is 10.5. The second-order valence-corrected chi connectivity index (χ2v) is 5.19. The lowest BCUT2D eigenvalue weighted by Crippen LogP contribution is -2.13. The van der Waals surface area contributed by atoms with E-state index in [0.29, 0.717) is 16.9 Å². The van der Waals surface area contributed by atoms with Crippen LogP contribution in [0.3, 0.4) is 0 Å². The van der Waals surface area contributed by atoms with Gasteiger partial charge >= 0.3 is 0 Å². The first-order valence-electron chi connectivity index (χ1n) is 5.55. The Labute approximate surface area is 102 Å². The van der Waals surface area contributed by atoms with Crippen molar-refractivity contribution in [3.8, 4) is 0 Å². The predicted octanol–water partition coefficient (Wildman–Crippen LogP) is 4.33. The van der Waals surface area contributed by atoms with Gasteiger partial charge in [0.05, 0.1) is 0 Å². The van der Waals surface area contributed by atoms with Gasteiger partial charge in [-0.3, -0.25) is 0 Å². The summed E-state index contributed by atoms with van der Waals surface area (Å²) >= 11 is 3.06. The molecule has 88 valence electrons. The Morgan fingerprint density at radius 1 is 1.19 bits per heavy atom. The van der Waals surface area contributed by atoms with Crippen molar-refractivity contribution in [2.75, 3.05) is 11.9 Å². The second kappa shape index (κ2) is 5.13. The van der Waals surface area contributed by atoms with Crippen molar-refractivity contribution in [3.63, 3.8) is 0 Å². The van der Waals surface area contributed by atoms with Crippen molar-refractivity contribution in [1.82, 2.24) is 0 Å². The quantitative estimate of drug-likeness (QED) is 0.873. The number of rotatable bonds is 3. The molecule has 0 atom stereocenters. The monoisotopic (exact) mass is 289 g/mol. The molecule has 1 aromatic carbocycles. The van der Waals surface area contributed by atoms with Gasteiger partial charge < -0.3 is 5.32 Å². The maximum atomic E-state index is 13.5. The number of hydrogen-bond donors (Lipinski definition) is 1. The number of benzene rings is 1. The molecule has 1 aliphatic carbocycles. The fraction of sp³-hybridized carbons (Fsp3) is 0.500. The van der Waals surface area contributed by atoms with Crippen LogP contribution in [0.1, 0.15) is 25.7 Å². The third kappa shape index (κ3) is 2.73. The fourth-order valence-corrected chi connectivity index (χ4v) is 2.57. The summed E-state index contributed by atoms with van der Waals surface area (Å²) < 4.78 is 27.3. The van der Waals surface area contributed by atoms with Crippen LogP contribution >= 0.6 is 15.9 Å². The molecule has 1 fully saturated rings. The van der Waals surface area contributed by atoms with Crippen LogP contribution in [-0.2, 0) is 0 Å². The summed E-state index contributed by atoms with van der Waals surface area (Å²) in [6.45, 7) is 0.662. The first-order chi connectivity index (χ1) is 7.66. The topological polar surface area (TPSA) is 12.0 Å². The van der Waals surface area contributed by atoms with Crippen molar-refractivity contribution >= 4 is 21.6 Å². The first-order valence-corrected chi connectivity index (χ1v) is 6.34. The molecule has 1 nitrogen and oxygen atoms in total. The molecule has 0 unspecified atom stereocenters. The Morgan fingerprint density at radius 3 is 2.31 bits per heavy atom. The zero-order chi connectivity index (χ0) is 11.5. The van der Waals surface area contributed by atoms with E-state index in [1.54, 1.807) is 0 Å². The minimum atomic E-state index is -0.537. The Bertz CT molecular complexity index is 352. The molecule has 0 aliphatic heterocycles. The molecule has 4 heteroatoms. The maximum absolute atomic E-state index is 13.5. The molecule has 2 rings (SSSR count). The molecule has 0 bridgehead atoms. The average molecular weight is 290 g/mol. The van der Waals surface area contributed by atoms with E-state index in [0.717, 1.165) is 12.8 Å². The highest BCUT2D eigenvalue weighted by atomic mass is 79.9. The van der Waals surface area contributed by atoms with Gasteiger partial charge in [-0.2, -0.15) is 0 Å². The standard InChI is InChI=1S/C12H14BrF2N/c13-9-5-10(14)12(11(15)6-9)16-7-8-3-1-2-4-8/h5-6,8,16H,1-4,7H2. The van der Waals surface area contributed by atoms with Crippen LogP contribution in [0.15, 0.2) is 16.6 Å². The predicted molar refractivity (Wildman–Crippen MR) is 64.5 cm³/mol. The van der Waals surface area contributed by atoms with Crippen LogP contribution in [0, 0.1) is 17.6 Å². The second-order valence-electron chi connectivity index (χ2n) is 4.28. The van der Waals surface area contributed by atoms with E-state index >= 15 is 0 Å². The van der Waals surface area contributed by atoms with E-state index in [1.807, 2.05) is 0 Å². The van der Waals surface area contributed by atoms with Gasteiger partial charge in [-0.25, -0.2) is 8.78 Å². The van der Waals surface area contributed by atoms with Gasteiger partial charge in [0.25, 0.3) is 0 Å². The normalized spacial score (nSPS) is 16.7. The van der Waals surface area contributed by atoms with E-state index < -0.39 is 11.6 Å². The molecule has 1 saturated carbocycles. The van der Waals surface area contributed by atoms with Gasteiger partial charge in [0.1, 0.15) is 17.3 Å². The van der Waals surface area contributed by atoms with Crippen LogP contribution in [0.4, 0.5) is 14.5 Å². The van der Waals surface area contributed by atoms with Gasteiger partial charge in [-0.1, -0.05) is 28.8 Å². The Kier molecular flexibility index (Phi) is 3.79. The first kappa shape index (κ1) is 11.8. The lowest BCUT2D eigenvalue weighted by Gasteiger charge is -2.13. The number of nitrogens with one attached hydrogen (secondary N) is 1. The summed E-state index contributed by atoms with van der Waals surface area (Å²) in [5.41, 5.74) is -0.00454. The smallest absolute Gasteiger partial charge is 0.150 e. The Morgan fingerprint density at radius 2 is 1.75 bits per heavy atom. The number of anilines is 1. The highest BCUT2D eigenvalue weighted by molar-refractivity contribution is 9.10. The van der Waals surface area contributed by atoms with Gasteiger partial charge in [0.15, 0.2) is 0 Å². The molecular formula is C12H14BrF2N. The number of hydrogen-bond acceptors (Lipinski definition) is 1. The van der Waals surface area contributed by atoms with Crippen LogP contribution in [0.5, 0.6) is 0 Å². The molecule has 1 aromatic rings. The Hall–Kier alpha value is -0.640. The van der Waals surface area contributed by atoms with E-state index in [2.05, 4.69) is 21.2 Å². The minimum absolute atomic E-state index is 0.00454. The highest BCUT2D eigenvalue weighted by Gasteiger charge is 2.16. The third-order valence-electron chi connectivity index (χ3n) is 3.05. The van der Waals surface area contributed by atoms with Crippen LogP contribution in [-0.4, -0.2) is 6.54 Å². The van der Waals surface area contributed by atoms with Crippen molar-refractivity contribution in [3.05, 3.63) is 28.2 Å². The van der Waals surface area contributed by atoms with E-state index in [4.69, 9.17) is 0 Å². The molecular weight excluding hydrogens is 276 g/mol. The molecule has 0 heterocycles. The minimum Gasteiger partial charge on any atom is -0.380 e. The molecule has 0 radical (unpaired) electrons. The maximum Gasteiger partial charge on any atom is 0.150 e. The fourth-order valence-electron chi connectivity index (χ4n) is 2.17. The van der Waals surface area contributed by atoms with E-state index in [9.17, 15) is 8.78 Å². The summed E-state index contributed by atoms with van der Waals surface area (Å²) in [6.07, 6.45) is 4.79. The van der Waals surface area contributed by atoms with Crippen molar-refractivity contribution in [1.29, 1.82) is 0 Å².